The maximum atomic E-state index is 2.46. The van der Waals surface area contributed by atoms with E-state index in [1.54, 1.807) is 0 Å². The van der Waals surface area contributed by atoms with Gasteiger partial charge in [0.05, 0.1) is 33.1 Å². The first-order valence-corrected chi connectivity index (χ1v) is 23.8. The number of fused-ring (bicyclic) bond motifs is 9. The quantitative estimate of drug-likeness (QED) is 0.152. The van der Waals surface area contributed by atoms with Crippen LogP contribution in [0.4, 0.5) is 0 Å². The van der Waals surface area contributed by atoms with E-state index in [0.29, 0.717) is 0 Å². The molecule has 0 N–H and O–H groups in total. The molecular formula is C66H43N3. The van der Waals surface area contributed by atoms with E-state index in [2.05, 4.69) is 275 Å². The van der Waals surface area contributed by atoms with E-state index in [4.69, 9.17) is 0 Å². The van der Waals surface area contributed by atoms with Gasteiger partial charge in [0.15, 0.2) is 0 Å². The van der Waals surface area contributed by atoms with Crippen LogP contribution in [-0.4, -0.2) is 13.7 Å². The molecule has 0 spiro atoms. The maximum absolute atomic E-state index is 2.46. The summed E-state index contributed by atoms with van der Waals surface area (Å²) in [6.45, 7) is 0. The van der Waals surface area contributed by atoms with Crippen molar-refractivity contribution in [2.75, 3.05) is 0 Å². The fourth-order valence-corrected chi connectivity index (χ4v) is 11.1. The van der Waals surface area contributed by atoms with Crippen molar-refractivity contribution in [3.63, 3.8) is 0 Å². The van der Waals surface area contributed by atoms with Gasteiger partial charge < -0.3 is 13.7 Å². The molecule has 0 aliphatic carbocycles. The number of para-hydroxylation sites is 6. The molecular weight excluding hydrogens is 835 g/mol. The van der Waals surface area contributed by atoms with Gasteiger partial charge in [-0.2, -0.15) is 0 Å². The van der Waals surface area contributed by atoms with E-state index in [1.165, 1.54) is 110 Å². The minimum atomic E-state index is 1.14. The summed E-state index contributed by atoms with van der Waals surface area (Å²) in [5.74, 6) is 0. The minimum Gasteiger partial charge on any atom is -0.309 e. The molecule has 0 bridgehead atoms. The number of benzene rings is 11. The Morgan fingerprint density at radius 1 is 0.188 bits per heavy atom. The van der Waals surface area contributed by atoms with Gasteiger partial charge in [-0.1, -0.05) is 158 Å². The van der Waals surface area contributed by atoms with Gasteiger partial charge in [-0.05, 0) is 142 Å². The van der Waals surface area contributed by atoms with Gasteiger partial charge >= 0.3 is 0 Å². The highest BCUT2D eigenvalue weighted by Crippen LogP contribution is 2.44. The SMILES string of the molecule is c1ccc(-n2c3ccccc3c3cc(-c4cccc(-c5cc(-c6cccc(-c7ccc8c(c7)c7ccccc7n8-c7ccccc7)c6)c6c(c5)c5ccccc5n6-c5ccccc5)c4)ccc32)cc1. The second-order valence-corrected chi connectivity index (χ2v) is 18.1. The van der Waals surface area contributed by atoms with Gasteiger partial charge in [0.1, 0.15) is 0 Å². The Bertz CT molecular complexity index is 4290. The van der Waals surface area contributed by atoms with Crippen molar-refractivity contribution < 1.29 is 0 Å². The summed E-state index contributed by atoms with van der Waals surface area (Å²) in [4.78, 5) is 0. The van der Waals surface area contributed by atoms with Crippen molar-refractivity contribution in [3.8, 4) is 61.6 Å². The molecule has 3 heteroatoms. The average Bonchev–Trinajstić information content (AvgIpc) is 4.07. The van der Waals surface area contributed by atoms with Gasteiger partial charge in [0.2, 0.25) is 0 Å². The minimum absolute atomic E-state index is 1.14. The molecule has 0 radical (unpaired) electrons. The zero-order valence-electron chi connectivity index (χ0n) is 37.7. The molecule has 3 aromatic heterocycles. The molecule has 3 nitrogen and oxygen atoms in total. The van der Waals surface area contributed by atoms with E-state index in [9.17, 15) is 0 Å². The Morgan fingerprint density at radius 2 is 0.536 bits per heavy atom. The van der Waals surface area contributed by atoms with Crippen molar-refractivity contribution in [1.29, 1.82) is 0 Å². The maximum Gasteiger partial charge on any atom is 0.0619 e. The van der Waals surface area contributed by atoms with E-state index >= 15 is 0 Å². The van der Waals surface area contributed by atoms with Gasteiger partial charge in [-0.25, -0.2) is 0 Å². The number of hydrogen-bond acceptors (Lipinski definition) is 0. The first-order chi connectivity index (χ1) is 34.2. The second kappa shape index (κ2) is 15.7. The van der Waals surface area contributed by atoms with Crippen LogP contribution in [0.1, 0.15) is 0 Å². The van der Waals surface area contributed by atoms with Gasteiger partial charge in [0, 0.05) is 54.9 Å². The average molecular weight is 878 g/mol. The molecule has 0 aliphatic heterocycles. The number of nitrogens with zero attached hydrogens (tertiary/aromatic N) is 3. The number of hydrogen-bond donors (Lipinski definition) is 0. The molecule has 0 aliphatic rings. The van der Waals surface area contributed by atoms with Crippen molar-refractivity contribution in [2.24, 2.45) is 0 Å². The highest BCUT2D eigenvalue weighted by Gasteiger charge is 2.20. The highest BCUT2D eigenvalue weighted by molar-refractivity contribution is 6.16. The van der Waals surface area contributed by atoms with Gasteiger partial charge in [0.25, 0.3) is 0 Å². The third-order valence-electron chi connectivity index (χ3n) is 14.2. The smallest absolute Gasteiger partial charge is 0.0619 e. The van der Waals surface area contributed by atoms with Crippen LogP contribution in [-0.2, 0) is 0 Å². The predicted molar refractivity (Wildman–Crippen MR) is 291 cm³/mol. The largest absolute Gasteiger partial charge is 0.309 e. The lowest BCUT2D eigenvalue weighted by molar-refractivity contribution is 1.18. The molecule has 11 aromatic carbocycles. The Kier molecular flexibility index (Phi) is 8.90. The lowest BCUT2D eigenvalue weighted by Crippen LogP contribution is -1.96. The van der Waals surface area contributed by atoms with Crippen LogP contribution in [0.2, 0.25) is 0 Å². The fraction of sp³-hybridized carbons (Fsp3) is 0. The topological polar surface area (TPSA) is 14.8 Å². The summed E-state index contributed by atoms with van der Waals surface area (Å²) >= 11 is 0. The predicted octanol–water partition coefficient (Wildman–Crippen LogP) is 17.6. The normalized spacial score (nSPS) is 11.8. The molecule has 0 fully saturated rings. The van der Waals surface area contributed by atoms with Crippen LogP contribution in [0.3, 0.4) is 0 Å². The van der Waals surface area contributed by atoms with E-state index in [0.717, 1.165) is 17.1 Å². The summed E-state index contributed by atoms with van der Waals surface area (Å²) in [7, 11) is 0. The van der Waals surface area contributed by atoms with Crippen molar-refractivity contribution in [2.45, 2.75) is 0 Å². The summed E-state index contributed by atoms with van der Waals surface area (Å²) in [5.41, 5.74) is 20.1. The molecule has 0 saturated heterocycles. The van der Waals surface area contributed by atoms with Crippen molar-refractivity contribution >= 4 is 65.4 Å². The zero-order valence-corrected chi connectivity index (χ0v) is 37.7. The molecule has 14 aromatic rings. The van der Waals surface area contributed by atoms with Gasteiger partial charge in [-0.15, -0.1) is 0 Å². The van der Waals surface area contributed by atoms with E-state index in [1.807, 2.05) is 0 Å². The van der Waals surface area contributed by atoms with Crippen LogP contribution < -0.4 is 0 Å². The van der Waals surface area contributed by atoms with Crippen LogP contribution >= 0.6 is 0 Å². The highest BCUT2D eigenvalue weighted by atomic mass is 15.0. The van der Waals surface area contributed by atoms with Crippen LogP contribution in [0, 0.1) is 0 Å². The third kappa shape index (κ3) is 6.29. The van der Waals surface area contributed by atoms with Crippen LogP contribution in [0.25, 0.3) is 127 Å². The number of aromatic nitrogens is 3. The molecule has 322 valence electrons. The summed E-state index contributed by atoms with van der Waals surface area (Å²) in [6.07, 6.45) is 0. The first kappa shape index (κ1) is 39.0. The lowest BCUT2D eigenvalue weighted by atomic mass is 9.92. The third-order valence-corrected chi connectivity index (χ3v) is 14.2. The van der Waals surface area contributed by atoms with Crippen LogP contribution in [0.5, 0.6) is 0 Å². The summed E-state index contributed by atoms with van der Waals surface area (Å²) < 4.78 is 7.22. The molecule has 0 atom stereocenters. The first-order valence-electron chi connectivity index (χ1n) is 23.8. The Morgan fingerprint density at radius 3 is 1.04 bits per heavy atom. The summed E-state index contributed by atoms with van der Waals surface area (Å²) in [6, 6.07) is 95.6. The monoisotopic (exact) mass is 877 g/mol. The Balaban J connectivity index is 0.950. The second-order valence-electron chi connectivity index (χ2n) is 18.1. The van der Waals surface area contributed by atoms with Crippen molar-refractivity contribution in [1.82, 2.24) is 13.7 Å². The lowest BCUT2D eigenvalue weighted by Gasteiger charge is -2.15. The fourth-order valence-electron chi connectivity index (χ4n) is 11.1. The van der Waals surface area contributed by atoms with Crippen molar-refractivity contribution in [3.05, 3.63) is 261 Å². The van der Waals surface area contributed by atoms with Gasteiger partial charge in [-0.3, -0.25) is 0 Å². The molecule has 0 amide bonds. The van der Waals surface area contributed by atoms with E-state index in [-0.39, 0.29) is 0 Å². The molecule has 3 heterocycles. The molecule has 69 heavy (non-hydrogen) atoms. The molecule has 0 unspecified atom stereocenters. The van der Waals surface area contributed by atoms with E-state index < -0.39 is 0 Å². The Hall–Kier alpha value is -9.18. The Labute approximate surface area is 399 Å². The molecule has 0 saturated carbocycles. The zero-order chi connectivity index (χ0) is 45.4. The molecule has 14 rings (SSSR count). The standard InChI is InChI=1S/C66H43N3/c1-4-22-51(23-5-1)67-61-31-13-10-28-54(61)58-40-47(34-36-64(58)67)44-18-16-20-46(38-44)50-42-57(66-60(43-50)56-30-12-15-33-63(56)69(66)53-26-8-3-9-27-53)49-21-17-19-45(39-49)48-35-37-65-59(41-48)55-29-11-14-32-62(55)68(65)52-24-6-2-7-25-52/h1-43H. The van der Waals surface area contributed by atoms with Crippen LogP contribution in [0.15, 0.2) is 261 Å². The number of rotatable bonds is 7. The summed E-state index contributed by atoms with van der Waals surface area (Å²) in [5, 5.41) is 7.44.